The molecule has 0 aliphatic carbocycles. The minimum atomic E-state index is -0.971. The van der Waals surface area contributed by atoms with Gasteiger partial charge in [-0.2, -0.15) is 0 Å². The molecule has 1 aromatic carbocycles. The second kappa shape index (κ2) is 6.50. The van der Waals surface area contributed by atoms with Gasteiger partial charge in [0.25, 0.3) is 5.91 Å². The van der Waals surface area contributed by atoms with E-state index in [0.717, 1.165) is 21.8 Å². The molecule has 0 radical (unpaired) electrons. The van der Waals surface area contributed by atoms with E-state index in [1.54, 1.807) is 18.2 Å². The third kappa shape index (κ3) is 3.36. The zero-order valence-electron chi connectivity index (χ0n) is 11.6. The summed E-state index contributed by atoms with van der Waals surface area (Å²) in [5, 5.41) is 8.74. The van der Waals surface area contributed by atoms with Crippen LogP contribution >= 0.6 is 39.9 Å². The Hall–Kier alpha value is -1.58. The number of carbonyl (C=O) groups is 2. The first-order chi connectivity index (χ1) is 11.0. The predicted molar refractivity (Wildman–Crippen MR) is 92.4 cm³/mol. The molecule has 0 aromatic heterocycles. The van der Waals surface area contributed by atoms with Crippen LogP contribution < -0.4 is 9.47 Å². The number of aliphatic carboxylic acids is 1. The number of carbonyl (C=O) groups excluding carboxylic acids is 1. The summed E-state index contributed by atoms with van der Waals surface area (Å²) in [4.78, 5) is 24.8. The third-order valence-electron chi connectivity index (χ3n) is 3.20. The summed E-state index contributed by atoms with van der Waals surface area (Å²) in [5.74, 6) is -0.00352. The Labute approximate surface area is 149 Å². The molecule has 1 aromatic rings. The molecule has 1 amide bonds. The highest BCUT2D eigenvalue weighted by Gasteiger charge is 2.32. The number of ether oxygens (including phenoxy) is 2. The SMILES string of the molecule is O=C(O)CCN1C(=O)/C(=C/c2cc3c(cc2Br)OCO3)SC1=S. The van der Waals surface area contributed by atoms with E-state index in [1.807, 2.05) is 0 Å². The predicted octanol–water partition coefficient (Wildman–Crippen LogP) is 2.85. The lowest BCUT2D eigenvalue weighted by Gasteiger charge is -2.12. The summed E-state index contributed by atoms with van der Waals surface area (Å²) in [6, 6.07) is 3.55. The molecule has 1 fully saturated rings. The maximum atomic E-state index is 12.4. The average Bonchev–Trinajstić information content (AvgIpc) is 3.03. The fraction of sp³-hybridized carbons (Fsp3) is 0.214. The van der Waals surface area contributed by atoms with E-state index in [4.69, 9.17) is 26.8 Å². The molecule has 23 heavy (non-hydrogen) atoms. The van der Waals surface area contributed by atoms with Gasteiger partial charge in [-0.1, -0.05) is 39.9 Å². The zero-order valence-corrected chi connectivity index (χ0v) is 14.8. The molecule has 0 saturated carbocycles. The van der Waals surface area contributed by atoms with E-state index in [-0.39, 0.29) is 25.7 Å². The van der Waals surface area contributed by atoms with E-state index in [9.17, 15) is 9.59 Å². The molecule has 2 heterocycles. The van der Waals surface area contributed by atoms with Crippen molar-refractivity contribution in [2.75, 3.05) is 13.3 Å². The van der Waals surface area contributed by atoms with E-state index < -0.39 is 5.97 Å². The molecular formula is C14H10BrNO5S2. The molecular weight excluding hydrogens is 406 g/mol. The highest BCUT2D eigenvalue weighted by molar-refractivity contribution is 9.10. The number of hydrogen-bond donors (Lipinski definition) is 1. The van der Waals surface area contributed by atoms with Crippen LogP contribution in [0.5, 0.6) is 11.5 Å². The van der Waals surface area contributed by atoms with Crippen molar-refractivity contribution in [3.8, 4) is 11.5 Å². The fourth-order valence-corrected chi connectivity index (χ4v) is 3.82. The number of thioether (sulfide) groups is 1. The maximum absolute atomic E-state index is 12.4. The molecule has 0 atom stereocenters. The Morgan fingerprint density at radius 2 is 2.13 bits per heavy atom. The van der Waals surface area contributed by atoms with Gasteiger partial charge in [-0.15, -0.1) is 0 Å². The van der Waals surface area contributed by atoms with Crippen molar-refractivity contribution in [1.29, 1.82) is 0 Å². The van der Waals surface area contributed by atoms with Crippen LogP contribution in [0.2, 0.25) is 0 Å². The average molecular weight is 416 g/mol. The Morgan fingerprint density at radius 1 is 1.43 bits per heavy atom. The molecule has 120 valence electrons. The minimum Gasteiger partial charge on any atom is -0.481 e. The van der Waals surface area contributed by atoms with Crippen molar-refractivity contribution in [2.24, 2.45) is 0 Å². The zero-order chi connectivity index (χ0) is 16.6. The number of halogens is 1. The van der Waals surface area contributed by atoms with Crippen LogP contribution in [0.25, 0.3) is 6.08 Å². The van der Waals surface area contributed by atoms with Gasteiger partial charge in [0.15, 0.2) is 11.5 Å². The highest BCUT2D eigenvalue weighted by atomic mass is 79.9. The molecule has 3 rings (SSSR count). The second-order valence-corrected chi connectivity index (χ2v) is 7.23. The number of hydrogen-bond acceptors (Lipinski definition) is 6. The van der Waals surface area contributed by atoms with Crippen LogP contribution in [0.15, 0.2) is 21.5 Å². The van der Waals surface area contributed by atoms with Crippen LogP contribution in [0.1, 0.15) is 12.0 Å². The molecule has 2 aliphatic rings. The smallest absolute Gasteiger partial charge is 0.305 e. The van der Waals surface area contributed by atoms with Crippen molar-refractivity contribution in [2.45, 2.75) is 6.42 Å². The Morgan fingerprint density at radius 3 is 2.83 bits per heavy atom. The first-order valence-corrected chi connectivity index (χ1v) is 8.54. The number of rotatable bonds is 4. The number of nitrogens with zero attached hydrogens (tertiary/aromatic N) is 1. The van der Waals surface area contributed by atoms with Gasteiger partial charge in [-0.25, -0.2) is 0 Å². The first kappa shape index (κ1) is 16.3. The van der Waals surface area contributed by atoms with Gasteiger partial charge in [0.05, 0.1) is 11.3 Å². The lowest BCUT2D eigenvalue weighted by Crippen LogP contribution is -2.30. The van der Waals surface area contributed by atoms with Gasteiger partial charge in [-0.05, 0) is 23.8 Å². The molecule has 0 spiro atoms. The molecule has 6 nitrogen and oxygen atoms in total. The normalized spacial score (nSPS) is 18.1. The summed E-state index contributed by atoms with van der Waals surface area (Å²) < 4.78 is 11.7. The number of benzene rings is 1. The van der Waals surface area contributed by atoms with Gasteiger partial charge in [-0.3, -0.25) is 14.5 Å². The summed E-state index contributed by atoms with van der Waals surface area (Å²) in [6.07, 6.45) is 1.56. The second-order valence-electron chi connectivity index (χ2n) is 4.70. The molecule has 2 aliphatic heterocycles. The van der Waals surface area contributed by atoms with Gasteiger partial charge < -0.3 is 14.6 Å². The first-order valence-electron chi connectivity index (χ1n) is 6.52. The Balaban J connectivity index is 1.85. The Kier molecular flexibility index (Phi) is 4.60. The number of thiocarbonyl (C=S) groups is 1. The van der Waals surface area contributed by atoms with Gasteiger partial charge in [0.1, 0.15) is 4.32 Å². The van der Waals surface area contributed by atoms with Crippen molar-refractivity contribution < 1.29 is 24.2 Å². The van der Waals surface area contributed by atoms with Crippen LogP contribution in [-0.2, 0) is 9.59 Å². The fourth-order valence-electron chi connectivity index (χ4n) is 2.08. The molecule has 0 bridgehead atoms. The number of fused-ring (bicyclic) bond motifs is 1. The van der Waals surface area contributed by atoms with Crippen LogP contribution in [0.4, 0.5) is 0 Å². The Bertz CT molecular complexity index is 749. The molecule has 1 N–H and O–H groups in total. The lowest BCUT2D eigenvalue weighted by atomic mass is 10.2. The monoisotopic (exact) mass is 415 g/mol. The minimum absolute atomic E-state index is 0.0691. The highest BCUT2D eigenvalue weighted by Crippen LogP contribution is 2.39. The lowest BCUT2D eigenvalue weighted by molar-refractivity contribution is -0.137. The van der Waals surface area contributed by atoms with E-state index in [2.05, 4.69) is 15.9 Å². The van der Waals surface area contributed by atoms with Crippen molar-refractivity contribution in [3.63, 3.8) is 0 Å². The van der Waals surface area contributed by atoms with Crippen LogP contribution in [0.3, 0.4) is 0 Å². The third-order valence-corrected chi connectivity index (χ3v) is 5.27. The van der Waals surface area contributed by atoms with E-state index >= 15 is 0 Å². The molecule has 0 unspecified atom stereocenters. The van der Waals surface area contributed by atoms with Crippen molar-refractivity contribution in [3.05, 3.63) is 27.1 Å². The summed E-state index contributed by atoms with van der Waals surface area (Å²) in [5.41, 5.74) is 0.757. The van der Waals surface area contributed by atoms with E-state index in [1.165, 1.54) is 4.90 Å². The topological polar surface area (TPSA) is 76.1 Å². The standard InChI is InChI=1S/C14H10BrNO5S2/c15-8-5-10-9(20-6-21-10)3-7(8)4-11-13(19)16(14(22)23-11)2-1-12(17)18/h3-5H,1-2,6H2,(H,17,18)/b11-4-. The van der Waals surface area contributed by atoms with Crippen LogP contribution in [0, 0.1) is 0 Å². The van der Waals surface area contributed by atoms with Gasteiger partial charge >= 0.3 is 5.97 Å². The quantitative estimate of drug-likeness (QED) is 0.598. The summed E-state index contributed by atoms with van der Waals surface area (Å²) >= 11 is 9.74. The number of carboxylic acid groups (broad SMARTS) is 1. The maximum Gasteiger partial charge on any atom is 0.305 e. The van der Waals surface area contributed by atoms with Crippen LogP contribution in [-0.4, -0.2) is 39.5 Å². The largest absolute Gasteiger partial charge is 0.481 e. The van der Waals surface area contributed by atoms with Gasteiger partial charge in [0, 0.05) is 11.0 Å². The van der Waals surface area contributed by atoms with E-state index in [0.29, 0.717) is 20.7 Å². The van der Waals surface area contributed by atoms with Gasteiger partial charge in [0.2, 0.25) is 6.79 Å². The summed E-state index contributed by atoms with van der Waals surface area (Å²) in [6.45, 7) is 0.238. The number of carboxylic acids is 1. The van der Waals surface area contributed by atoms with Crippen molar-refractivity contribution >= 4 is 62.2 Å². The molecule has 9 heteroatoms. The molecule has 1 saturated heterocycles. The summed E-state index contributed by atoms with van der Waals surface area (Å²) in [7, 11) is 0. The van der Waals surface area contributed by atoms with Crippen molar-refractivity contribution in [1.82, 2.24) is 4.90 Å². The number of amides is 1.